The van der Waals surface area contributed by atoms with Crippen molar-refractivity contribution in [3.63, 3.8) is 0 Å². The van der Waals surface area contributed by atoms with Gasteiger partial charge in [0, 0.05) is 12.6 Å². The monoisotopic (exact) mass is 480 g/mol. The van der Waals surface area contributed by atoms with Crippen molar-refractivity contribution in [3.05, 3.63) is 57.8 Å². The summed E-state index contributed by atoms with van der Waals surface area (Å²) in [6.07, 6.45) is 3.05. The summed E-state index contributed by atoms with van der Waals surface area (Å²) in [4.78, 5) is 19.5. The lowest BCUT2D eigenvalue weighted by molar-refractivity contribution is 0.0702. The highest BCUT2D eigenvalue weighted by atomic mass is 35.5. The Morgan fingerprint density at radius 3 is 2.42 bits per heavy atom. The molecular formula is C23H26Cl2N2O3S. The minimum atomic E-state index is -3.83. The van der Waals surface area contributed by atoms with Gasteiger partial charge in [0.05, 0.1) is 21.5 Å². The van der Waals surface area contributed by atoms with Crippen molar-refractivity contribution in [1.82, 2.24) is 9.88 Å². The molecule has 1 saturated carbocycles. The minimum absolute atomic E-state index is 0.0694. The number of nitrogens with zero attached hydrogens (tertiary/aromatic N) is 2. The Labute approximate surface area is 193 Å². The van der Waals surface area contributed by atoms with Gasteiger partial charge in [-0.1, -0.05) is 56.1 Å². The number of sulfone groups is 1. The van der Waals surface area contributed by atoms with Crippen molar-refractivity contribution in [3.8, 4) is 0 Å². The van der Waals surface area contributed by atoms with E-state index in [-0.39, 0.29) is 54.9 Å². The van der Waals surface area contributed by atoms with Crippen molar-refractivity contribution < 1.29 is 13.2 Å². The SMILES string of the molecule is CC1(C)C[C@@H]2C[C@@](C)(CN2C(=O)c2cccc(CS(=O)(=O)c3c(Cl)cccc3Cl)n2)C1. The molecule has 2 heterocycles. The van der Waals surface area contributed by atoms with Gasteiger partial charge in [-0.3, -0.25) is 4.79 Å². The van der Waals surface area contributed by atoms with Gasteiger partial charge < -0.3 is 4.90 Å². The predicted octanol–water partition coefficient (Wildman–Crippen LogP) is 5.40. The van der Waals surface area contributed by atoms with Crippen molar-refractivity contribution in [2.75, 3.05) is 6.54 Å². The third-order valence-electron chi connectivity index (χ3n) is 6.27. The molecule has 8 heteroatoms. The maximum Gasteiger partial charge on any atom is 0.272 e. The summed E-state index contributed by atoms with van der Waals surface area (Å²) < 4.78 is 25.9. The van der Waals surface area contributed by atoms with Crippen LogP contribution < -0.4 is 0 Å². The summed E-state index contributed by atoms with van der Waals surface area (Å²) in [5, 5.41) is 0.139. The van der Waals surface area contributed by atoms with Gasteiger partial charge in [0.15, 0.2) is 9.84 Å². The largest absolute Gasteiger partial charge is 0.334 e. The topological polar surface area (TPSA) is 67.3 Å². The number of carbonyl (C=O) groups is 1. The van der Waals surface area contributed by atoms with Crippen LogP contribution in [0.4, 0.5) is 0 Å². The van der Waals surface area contributed by atoms with Crippen LogP contribution in [-0.2, 0) is 15.6 Å². The molecule has 2 atom stereocenters. The standard InChI is InChI=1S/C23H26Cl2N2O3S/c1-22(2)10-16-11-23(3,13-22)14-27(16)21(28)19-9-4-6-15(26-19)12-31(29,30)20-17(24)7-5-8-18(20)25/h4-9,16H,10-14H2,1-3H3/t16-,23-/m1/s1. The summed E-state index contributed by atoms with van der Waals surface area (Å²) >= 11 is 12.2. The lowest BCUT2D eigenvalue weighted by Gasteiger charge is -2.39. The average Bonchev–Trinajstić information content (AvgIpc) is 2.89. The number of benzene rings is 1. The first kappa shape index (κ1) is 22.6. The number of rotatable bonds is 4. The van der Waals surface area contributed by atoms with E-state index < -0.39 is 9.84 Å². The average molecular weight is 481 g/mol. The molecule has 1 amide bonds. The third-order valence-corrected chi connectivity index (χ3v) is 8.86. The number of hydrogen-bond donors (Lipinski definition) is 0. The Kier molecular flexibility index (Phi) is 5.64. The number of carbonyl (C=O) groups excluding carboxylic acids is 1. The second kappa shape index (κ2) is 7.75. The Morgan fingerprint density at radius 1 is 1.10 bits per heavy atom. The van der Waals surface area contributed by atoms with E-state index >= 15 is 0 Å². The van der Waals surface area contributed by atoms with Crippen LogP contribution in [0.3, 0.4) is 0 Å². The fraction of sp³-hybridized carbons (Fsp3) is 0.478. The molecule has 1 aliphatic carbocycles. The summed E-state index contributed by atoms with van der Waals surface area (Å²) in [5.74, 6) is -0.521. The molecule has 5 nitrogen and oxygen atoms in total. The molecule has 31 heavy (non-hydrogen) atoms. The molecule has 1 saturated heterocycles. The van der Waals surface area contributed by atoms with Gasteiger partial charge >= 0.3 is 0 Å². The van der Waals surface area contributed by atoms with E-state index in [1.807, 2.05) is 4.90 Å². The number of amides is 1. The Hall–Kier alpha value is -1.63. The highest BCUT2D eigenvalue weighted by molar-refractivity contribution is 7.90. The Balaban J connectivity index is 1.59. The van der Waals surface area contributed by atoms with Crippen molar-refractivity contribution in [1.29, 1.82) is 0 Å². The summed E-state index contributed by atoms with van der Waals surface area (Å²) in [5.41, 5.74) is 0.871. The number of likely N-dealkylation sites (tertiary alicyclic amines) is 1. The van der Waals surface area contributed by atoms with E-state index in [1.54, 1.807) is 24.3 Å². The van der Waals surface area contributed by atoms with E-state index in [1.165, 1.54) is 12.1 Å². The van der Waals surface area contributed by atoms with Crippen LogP contribution in [0.5, 0.6) is 0 Å². The number of halogens is 2. The van der Waals surface area contributed by atoms with E-state index in [4.69, 9.17) is 23.2 Å². The fourth-order valence-electron chi connectivity index (χ4n) is 5.57. The first-order chi connectivity index (χ1) is 14.4. The van der Waals surface area contributed by atoms with E-state index in [9.17, 15) is 13.2 Å². The summed E-state index contributed by atoms with van der Waals surface area (Å²) in [7, 11) is -3.83. The Morgan fingerprint density at radius 2 is 1.74 bits per heavy atom. The molecule has 2 fully saturated rings. The first-order valence-corrected chi connectivity index (χ1v) is 12.7. The molecular weight excluding hydrogens is 455 g/mol. The molecule has 4 rings (SSSR count). The molecule has 2 aromatic rings. The smallest absolute Gasteiger partial charge is 0.272 e. The van der Waals surface area contributed by atoms with Crippen LogP contribution in [0.25, 0.3) is 0 Å². The molecule has 166 valence electrons. The first-order valence-electron chi connectivity index (χ1n) is 10.3. The van der Waals surface area contributed by atoms with Crippen LogP contribution in [0.2, 0.25) is 10.0 Å². The van der Waals surface area contributed by atoms with Crippen LogP contribution in [0.1, 0.15) is 56.2 Å². The van der Waals surface area contributed by atoms with Crippen LogP contribution >= 0.6 is 23.2 Å². The molecule has 0 spiro atoms. The lowest BCUT2D eigenvalue weighted by Crippen LogP contribution is -2.38. The number of hydrogen-bond acceptors (Lipinski definition) is 4. The van der Waals surface area contributed by atoms with Gasteiger partial charge in [-0.2, -0.15) is 0 Å². The van der Waals surface area contributed by atoms with Gasteiger partial charge in [0.25, 0.3) is 5.91 Å². The quantitative estimate of drug-likeness (QED) is 0.586. The van der Waals surface area contributed by atoms with Crippen molar-refractivity contribution in [2.45, 2.75) is 56.7 Å². The molecule has 0 unspecified atom stereocenters. The second-order valence-electron chi connectivity index (χ2n) is 9.97. The maximum absolute atomic E-state index is 13.3. The third kappa shape index (κ3) is 4.48. The van der Waals surface area contributed by atoms with Crippen LogP contribution in [-0.4, -0.2) is 36.8 Å². The number of aromatic nitrogens is 1. The highest BCUT2D eigenvalue weighted by Crippen LogP contribution is 2.52. The van der Waals surface area contributed by atoms with Gasteiger partial charge in [0.1, 0.15) is 10.6 Å². The zero-order valence-electron chi connectivity index (χ0n) is 17.9. The zero-order chi connectivity index (χ0) is 22.6. The van der Waals surface area contributed by atoms with Gasteiger partial charge in [-0.25, -0.2) is 13.4 Å². The maximum atomic E-state index is 13.3. The second-order valence-corrected chi connectivity index (χ2v) is 12.7. The van der Waals surface area contributed by atoms with E-state index in [2.05, 4.69) is 25.8 Å². The molecule has 1 aromatic carbocycles. The van der Waals surface area contributed by atoms with E-state index in [0.717, 1.165) is 19.3 Å². The molecule has 2 aliphatic rings. The highest BCUT2D eigenvalue weighted by Gasteiger charge is 2.51. The van der Waals surface area contributed by atoms with Gasteiger partial charge in [-0.15, -0.1) is 0 Å². The molecule has 0 radical (unpaired) electrons. The van der Waals surface area contributed by atoms with Gasteiger partial charge in [-0.05, 0) is 54.4 Å². The number of fused-ring (bicyclic) bond motifs is 2. The summed E-state index contributed by atoms with van der Waals surface area (Å²) in [6.45, 7) is 7.47. The predicted molar refractivity (Wildman–Crippen MR) is 122 cm³/mol. The van der Waals surface area contributed by atoms with Crippen LogP contribution in [0, 0.1) is 10.8 Å². The molecule has 1 aliphatic heterocycles. The van der Waals surface area contributed by atoms with Gasteiger partial charge in [0.2, 0.25) is 0 Å². The van der Waals surface area contributed by atoms with Crippen molar-refractivity contribution in [2.24, 2.45) is 10.8 Å². The lowest BCUT2D eigenvalue weighted by atomic mass is 9.65. The molecule has 2 bridgehead atoms. The molecule has 0 N–H and O–H groups in total. The van der Waals surface area contributed by atoms with Crippen LogP contribution in [0.15, 0.2) is 41.3 Å². The normalized spacial score (nSPS) is 24.9. The Bertz CT molecular complexity index is 1130. The molecule has 1 aromatic heterocycles. The van der Waals surface area contributed by atoms with E-state index in [0.29, 0.717) is 6.54 Å². The summed E-state index contributed by atoms with van der Waals surface area (Å²) in [6, 6.07) is 9.69. The van der Waals surface area contributed by atoms with Crippen molar-refractivity contribution >= 4 is 38.9 Å². The minimum Gasteiger partial charge on any atom is -0.334 e. The zero-order valence-corrected chi connectivity index (χ0v) is 20.2. The number of pyridine rings is 1. The fourth-order valence-corrected chi connectivity index (χ4v) is 8.10.